The predicted octanol–water partition coefficient (Wildman–Crippen LogP) is 2.48. The Bertz CT molecular complexity index is 857. The maximum Gasteiger partial charge on any atom is 0.256 e. The number of ether oxygens (including phenoxy) is 2. The molecular weight excluding hydrogens is 316 g/mol. The zero-order valence-corrected chi connectivity index (χ0v) is 15.0. The molecule has 2 aromatic carbocycles. The van der Waals surface area contributed by atoms with E-state index in [1.165, 1.54) is 11.3 Å². The molecule has 5 heteroatoms. The number of hydrogen-bond acceptors (Lipinski definition) is 3. The number of benzene rings is 2. The second-order valence-electron chi connectivity index (χ2n) is 6.07. The van der Waals surface area contributed by atoms with Crippen LogP contribution in [0.25, 0.3) is 11.0 Å². The van der Waals surface area contributed by atoms with E-state index in [0.717, 1.165) is 17.7 Å². The van der Waals surface area contributed by atoms with Crippen molar-refractivity contribution in [3.05, 3.63) is 54.4 Å². The van der Waals surface area contributed by atoms with Gasteiger partial charge in [-0.15, -0.1) is 0 Å². The molecule has 0 aliphatic rings. The number of aromatic nitrogens is 2. The lowest BCUT2D eigenvalue weighted by Crippen LogP contribution is -2.34. The molecule has 0 aliphatic heterocycles. The third-order valence-electron chi connectivity index (χ3n) is 4.43. The molecule has 25 heavy (non-hydrogen) atoms. The van der Waals surface area contributed by atoms with Crippen molar-refractivity contribution in [2.45, 2.75) is 26.0 Å². The van der Waals surface area contributed by atoms with E-state index >= 15 is 0 Å². The van der Waals surface area contributed by atoms with E-state index in [-0.39, 0.29) is 6.61 Å². The summed E-state index contributed by atoms with van der Waals surface area (Å²) in [5.41, 5.74) is 2.29. The highest BCUT2D eigenvalue weighted by Crippen LogP contribution is 2.19. The molecule has 0 saturated carbocycles. The molecule has 0 bridgehead atoms. The van der Waals surface area contributed by atoms with Gasteiger partial charge in [-0.2, -0.15) is 0 Å². The van der Waals surface area contributed by atoms with Crippen molar-refractivity contribution >= 4 is 11.0 Å². The van der Waals surface area contributed by atoms with Gasteiger partial charge in [0.25, 0.3) is 5.82 Å². The summed E-state index contributed by atoms with van der Waals surface area (Å²) in [4.78, 5) is 0. The first-order valence-electron chi connectivity index (χ1n) is 8.55. The molecule has 132 valence electrons. The lowest BCUT2D eigenvalue weighted by molar-refractivity contribution is -0.653. The molecule has 0 spiro atoms. The summed E-state index contributed by atoms with van der Waals surface area (Å²) in [7, 11) is 3.69. The first-order valence-corrected chi connectivity index (χ1v) is 8.55. The van der Waals surface area contributed by atoms with Gasteiger partial charge in [0.2, 0.25) is 0 Å². The summed E-state index contributed by atoms with van der Waals surface area (Å²) in [6.07, 6.45) is 0.293. The molecule has 0 aliphatic carbocycles. The van der Waals surface area contributed by atoms with Crippen LogP contribution in [0.4, 0.5) is 0 Å². The summed E-state index contributed by atoms with van der Waals surface area (Å²) < 4.78 is 15.3. The fourth-order valence-corrected chi connectivity index (χ4v) is 3.21. The van der Waals surface area contributed by atoms with Crippen molar-refractivity contribution in [2.24, 2.45) is 7.05 Å². The van der Waals surface area contributed by atoms with E-state index in [9.17, 15) is 5.11 Å². The number of para-hydroxylation sites is 2. The van der Waals surface area contributed by atoms with Crippen LogP contribution in [-0.2, 0) is 20.0 Å². The Morgan fingerprint density at radius 1 is 1.12 bits per heavy atom. The number of methoxy groups -OCH3 is 1. The van der Waals surface area contributed by atoms with E-state index in [1.54, 1.807) is 7.11 Å². The second kappa shape index (κ2) is 7.57. The molecule has 1 N–H and O–H groups in total. The Morgan fingerprint density at radius 3 is 2.64 bits per heavy atom. The molecular formula is C20H25N2O3+. The van der Waals surface area contributed by atoms with Gasteiger partial charge in [0.1, 0.15) is 30.8 Å². The SMILES string of the molecule is CCc1n(C[C@H](O)COc2cccc(OC)c2)c2ccccc2[n+]1C. The van der Waals surface area contributed by atoms with Gasteiger partial charge in [-0.1, -0.05) is 25.1 Å². The van der Waals surface area contributed by atoms with Crippen LogP contribution < -0.4 is 14.0 Å². The fourth-order valence-electron chi connectivity index (χ4n) is 3.21. The number of aryl methyl sites for hydroxylation is 1. The molecule has 0 amide bonds. The number of aliphatic hydroxyl groups is 1. The van der Waals surface area contributed by atoms with Crippen LogP contribution in [0.15, 0.2) is 48.5 Å². The number of aliphatic hydroxyl groups excluding tert-OH is 1. The molecule has 0 fully saturated rings. The second-order valence-corrected chi connectivity index (χ2v) is 6.07. The van der Waals surface area contributed by atoms with E-state index < -0.39 is 6.10 Å². The summed E-state index contributed by atoms with van der Waals surface area (Å²) in [5, 5.41) is 10.5. The molecule has 5 nitrogen and oxygen atoms in total. The third kappa shape index (κ3) is 3.61. The minimum absolute atomic E-state index is 0.229. The molecule has 0 unspecified atom stereocenters. The van der Waals surface area contributed by atoms with Gasteiger partial charge in [0, 0.05) is 12.5 Å². The highest BCUT2D eigenvalue weighted by Gasteiger charge is 2.23. The molecule has 0 radical (unpaired) electrons. The summed E-state index contributed by atoms with van der Waals surface area (Å²) >= 11 is 0. The highest BCUT2D eigenvalue weighted by molar-refractivity contribution is 5.72. The average molecular weight is 341 g/mol. The minimum Gasteiger partial charge on any atom is -0.497 e. The van der Waals surface area contributed by atoms with E-state index in [1.807, 2.05) is 36.4 Å². The van der Waals surface area contributed by atoms with Gasteiger partial charge >= 0.3 is 0 Å². The standard InChI is InChI=1S/C20H25N2O3/c1-4-20-21(2)18-10-5-6-11-19(18)22(20)13-15(23)14-25-17-9-7-8-16(12-17)24-3/h5-12,15,23H,4,13-14H2,1-3H3/q+1/t15-/m0/s1. The third-order valence-corrected chi connectivity index (χ3v) is 4.43. The number of rotatable bonds is 7. The quantitative estimate of drug-likeness (QED) is 0.672. The Balaban J connectivity index is 1.74. The van der Waals surface area contributed by atoms with Gasteiger partial charge < -0.3 is 14.6 Å². The summed E-state index contributed by atoms with van der Waals surface area (Å²) in [6, 6.07) is 15.7. The highest BCUT2D eigenvalue weighted by atomic mass is 16.5. The lowest BCUT2D eigenvalue weighted by atomic mass is 10.3. The lowest BCUT2D eigenvalue weighted by Gasteiger charge is -2.12. The van der Waals surface area contributed by atoms with Crippen LogP contribution in [0.5, 0.6) is 11.5 Å². The molecule has 0 saturated heterocycles. The maximum absolute atomic E-state index is 10.5. The number of hydrogen-bond donors (Lipinski definition) is 1. The number of imidazole rings is 1. The first kappa shape index (κ1) is 17.3. The molecule has 1 aromatic heterocycles. The Labute approximate surface area is 148 Å². The molecule has 3 rings (SSSR count). The molecule has 1 atom stereocenters. The van der Waals surface area contributed by atoms with E-state index in [2.05, 4.69) is 35.2 Å². The summed E-state index contributed by atoms with van der Waals surface area (Å²) in [6.45, 7) is 2.85. The Morgan fingerprint density at radius 2 is 1.88 bits per heavy atom. The van der Waals surface area contributed by atoms with Gasteiger partial charge in [-0.25, -0.2) is 9.13 Å². The van der Waals surface area contributed by atoms with Crippen molar-refractivity contribution in [1.82, 2.24) is 4.57 Å². The average Bonchev–Trinajstić information content (AvgIpc) is 2.92. The van der Waals surface area contributed by atoms with Crippen molar-refractivity contribution < 1.29 is 19.1 Å². The topological polar surface area (TPSA) is 47.5 Å². The van der Waals surface area contributed by atoms with Gasteiger partial charge in [0.05, 0.1) is 14.2 Å². The zero-order chi connectivity index (χ0) is 17.8. The normalized spacial score (nSPS) is 12.3. The maximum atomic E-state index is 10.5. The van der Waals surface area contributed by atoms with Crippen LogP contribution >= 0.6 is 0 Å². The van der Waals surface area contributed by atoms with Gasteiger partial charge in [-0.3, -0.25) is 0 Å². The van der Waals surface area contributed by atoms with E-state index in [0.29, 0.717) is 12.3 Å². The first-order chi connectivity index (χ1) is 12.1. The van der Waals surface area contributed by atoms with Crippen LogP contribution in [0.1, 0.15) is 12.7 Å². The monoisotopic (exact) mass is 341 g/mol. The van der Waals surface area contributed by atoms with Crippen LogP contribution in [-0.4, -0.2) is 29.5 Å². The smallest absolute Gasteiger partial charge is 0.256 e. The van der Waals surface area contributed by atoms with Crippen molar-refractivity contribution in [3.8, 4) is 11.5 Å². The van der Waals surface area contributed by atoms with Crippen molar-refractivity contribution in [3.63, 3.8) is 0 Å². The number of nitrogens with zero attached hydrogens (tertiary/aromatic N) is 2. The number of fused-ring (bicyclic) bond motifs is 1. The van der Waals surface area contributed by atoms with Gasteiger partial charge in [-0.05, 0) is 24.3 Å². The van der Waals surface area contributed by atoms with Gasteiger partial charge in [0.15, 0.2) is 11.0 Å². The molecule has 3 aromatic rings. The Kier molecular flexibility index (Phi) is 5.24. The zero-order valence-electron chi connectivity index (χ0n) is 15.0. The Hall–Kier alpha value is -2.53. The van der Waals surface area contributed by atoms with Crippen LogP contribution in [0, 0.1) is 0 Å². The fraction of sp³-hybridized carbons (Fsp3) is 0.350. The predicted molar refractivity (Wildman–Crippen MR) is 97.0 cm³/mol. The summed E-state index contributed by atoms with van der Waals surface area (Å²) in [5.74, 6) is 2.61. The molecule has 1 heterocycles. The van der Waals surface area contributed by atoms with Crippen LogP contribution in [0.2, 0.25) is 0 Å². The minimum atomic E-state index is -0.604. The van der Waals surface area contributed by atoms with Crippen LogP contribution in [0.3, 0.4) is 0 Å². The van der Waals surface area contributed by atoms with Crippen molar-refractivity contribution in [1.29, 1.82) is 0 Å². The van der Waals surface area contributed by atoms with Crippen molar-refractivity contribution in [2.75, 3.05) is 13.7 Å². The largest absolute Gasteiger partial charge is 0.497 e. The van der Waals surface area contributed by atoms with E-state index in [4.69, 9.17) is 9.47 Å².